The van der Waals surface area contributed by atoms with Crippen LogP contribution in [0.1, 0.15) is 31.9 Å². The molecule has 2 rings (SSSR count). The van der Waals surface area contributed by atoms with Gasteiger partial charge in [0.25, 0.3) is 0 Å². The minimum atomic E-state index is 0.642. The maximum Gasteiger partial charge on any atom is 0.0518 e. The van der Waals surface area contributed by atoms with Gasteiger partial charge in [-0.2, -0.15) is 5.10 Å². The summed E-state index contributed by atoms with van der Waals surface area (Å²) in [5.74, 6) is 0. The lowest BCUT2D eigenvalue weighted by Gasteiger charge is -2.32. The molecule has 0 aliphatic carbocycles. The molecule has 96 valence electrons. The summed E-state index contributed by atoms with van der Waals surface area (Å²) in [5, 5.41) is 7.69. The number of hydrogen-bond donors (Lipinski definition) is 1. The Bertz CT molecular complexity index is 328. The Labute approximate surface area is 104 Å². The highest BCUT2D eigenvalue weighted by molar-refractivity contribution is 4.99. The van der Waals surface area contributed by atoms with Crippen molar-refractivity contribution in [2.75, 3.05) is 19.6 Å². The van der Waals surface area contributed by atoms with Gasteiger partial charge in [-0.3, -0.25) is 9.58 Å². The zero-order valence-corrected chi connectivity index (χ0v) is 11.0. The smallest absolute Gasteiger partial charge is 0.0518 e. The van der Waals surface area contributed by atoms with Crippen LogP contribution < -0.4 is 5.32 Å². The third-order valence-electron chi connectivity index (χ3n) is 3.68. The summed E-state index contributed by atoms with van der Waals surface area (Å²) in [6.45, 7) is 6.84. The van der Waals surface area contributed by atoms with Crippen LogP contribution in [0.5, 0.6) is 0 Å². The highest BCUT2D eigenvalue weighted by Gasteiger charge is 2.15. The van der Waals surface area contributed by atoms with Crippen LogP contribution in [-0.2, 0) is 13.6 Å². The molecular weight excluding hydrogens is 212 g/mol. The van der Waals surface area contributed by atoms with Gasteiger partial charge in [-0.15, -0.1) is 0 Å². The fourth-order valence-electron chi connectivity index (χ4n) is 2.47. The van der Waals surface area contributed by atoms with Crippen LogP contribution in [0, 0.1) is 0 Å². The maximum atomic E-state index is 4.17. The number of piperidine rings is 1. The van der Waals surface area contributed by atoms with Gasteiger partial charge in [0.2, 0.25) is 0 Å². The van der Waals surface area contributed by atoms with E-state index < -0.39 is 0 Å². The van der Waals surface area contributed by atoms with E-state index in [1.165, 1.54) is 38.0 Å². The molecule has 1 unspecified atom stereocenters. The van der Waals surface area contributed by atoms with Crippen LogP contribution in [0.3, 0.4) is 0 Å². The second-order valence-corrected chi connectivity index (χ2v) is 5.02. The van der Waals surface area contributed by atoms with Crippen molar-refractivity contribution >= 4 is 0 Å². The van der Waals surface area contributed by atoms with Crippen LogP contribution in [0.15, 0.2) is 12.3 Å². The van der Waals surface area contributed by atoms with Gasteiger partial charge in [0.1, 0.15) is 0 Å². The van der Waals surface area contributed by atoms with Gasteiger partial charge >= 0.3 is 0 Å². The quantitative estimate of drug-likeness (QED) is 0.838. The van der Waals surface area contributed by atoms with E-state index in [2.05, 4.69) is 28.3 Å². The minimum Gasteiger partial charge on any atom is -0.310 e. The lowest BCUT2D eigenvalue weighted by atomic mass is 10.1. The summed E-state index contributed by atoms with van der Waals surface area (Å²) in [7, 11) is 1.99. The summed E-state index contributed by atoms with van der Waals surface area (Å²) in [5.41, 5.74) is 1.25. The van der Waals surface area contributed by atoms with E-state index in [0.717, 1.165) is 13.1 Å². The third kappa shape index (κ3) is 3.54. The number of aryl methyl sites for hydroxylation is 1. The van der Waals surface area contributed by atoms with Gasteiger partial charge in [-0.25, -0.2) is 0 Å². The summed E-state index contributed by atoms with van der Waals surface area (Å²) in [6.07, 6.45) is 5.99. The fourth-order valence-corrected chi connectivity index (χ4v) is 2.47. The van der Waals surface area contributed by atoms with E-state index in [1.807, 2.05) is 17.9 Å². The Morgan fingerprint density at radius 2 is 2.12 bits per heavy atom. The molecule has 1 aromatic heterocycles. The predicted octanol–water partition coefficient (Wildman–Crippen LogP) is 1.38. The van der Waals surface area contributed by atoms with Crippen LogP contribution in [0.25, 0.3) is 0 Å². The molecule has 4 nitrogen and oxygen atoms in total. The zero-order valence-electron chi connectivity index (χ0n) is 11.0. The summed E-state index contributed by atoms with van der Waals surface area (Å²) in [4.78, 5) is 2.60. The Balaban J connectivity index is 1.69. The average Bonchev–Trinajstić information content (AvgIpc) is 2.76. The van der Waals surface area contributed by atoms with Crippen LogP contribution >= 0.6 is 0 Å². The molecule has 0 aromatic carbocycles. The normalized spacial score (nSPS) is 19.4. The first-order valence-corrected chi connectivity index (χ1v) is 6.69. The van der Waals surface area contributed by atoms with E-state index in [9.17, 15) is 0 Å². The largest absolute Gasteiger partial charge is 0.310 e. The molecule has 17 heavy (non-hydrogen) atoms. The molecular formula is C13H24N4. The van der Waals surface area contributed by atoms with Gasteiger partial charge in [-0.1, -0.05) is 6.42 Å². The molecule has 0 amide bonds. The molecule has 1 saturated heterocycles. The van der Waals surface area contributed by atoms with Crippen molar-refractivity contribution in [3.63, 3.8) is 0 Å². The molecule has 0 saturated carbocycles. The minimum absolute atomic E-state index is 0.642. The van der Waals surface area contributed by atoms with Crippen molar-refractivity contribution in [3.8, 4) is 0 Å². The molecule has 0 bridgehead atoms. The van der Waals surface area contributed by atoms with E-state index in [1.54, 1.807) is 0 Å². The number of nitrogens with zero attached hydrogens (tertiary/aromatic N) is 3. The maximum absolute atomic E-state index is 4.17. The molecule has 0 radical (unpaired) electrons. The van der Waals surface area contributed by atoms with Crippen molar-refractivity contribution in [2.24, 2.45) is 7.05 Å². The summed E-state index contributed by atoms with van der Waals surface area (Å²) < 4.78 is 1.93. The molecule has 1 N–H and O–H groups in total. The highest BCUT2D eigenvalue weighted by Crippen LogP contribution is 2.11. The Hall–Kier alpha value is -0.870. The molecule has 1 aromatic rings. The summed E-state index contributed by atoms with van der Waals surface area (Å²) >= 11 is 0. The first kappa shape index (κ1) is 12.6. The van der Waals surface area contributed by atoms with Crippen molar-refractivity contribution in [1.82, 2.24) is 20.0 Å². The topological polar surface area (TPSA) is 33.1 Å². The monoisotopic (exact) mass is 236 g/mol. The third-order valence-corrected chi connectivity index (χ3v) is 3.68. The molecule has 0 spiro atoms. The molecule has 1 aliphatic heterocycles. The van der Waals surface area contributed by atoms with Crippen LogP contribution in [0.2, 0.25) is 0 Å². The van der Waals surface area contributed by atoms with Gasteiger partial charge in [0.15, 0.2) is 0 Å². The number of rotatable bonds is 5. The van der Waals surface area contributed by atoms with E-state index >= 15 is 0 Å². The lowest BCUT2D eigenvalue weighted by molar-refractivity contribution is 0.170. The fraction of sp³-hybridized carbons (Fsp3) is 0.769. The number of likely N-dealkylation sites (tertiary alicyclic amines) is 1. The lowest BCUT2D eigenvalue weighted by Crippen LogP contribution is -2.43. The van der Waals surface area contributed by atoms with Crippen molar-refractivity contribution in [2.45, 2.75) is 38.8 Å². The van der Waals surface area contributed by atoms with E-state index in [-0.39, 0.29) is 0 Å². The second kappa shape index (κ2) is 6.17. The van der Waals surface area contributed by atoms with Crippen molar-refractivity contribution in [1.29, 1.82) is 0 Å². The molecule has 1 atom stereocenters. The number of hydrogen-bond acceptors (Lipinski definition) is 3. The number of nitrogens with one attached hydrogen (secondary N) is 1. The first-order chi connectivity index (χ1) is 8.27. The summed E-state index contributed by atoms with van der Waals surface area (Å²) in [6, 6.07) is 2.71. The van der Waals surface area contributed by atoms with Gasteiger partial charge in [0, 0.05) is 32.4 Å². The zero-order chi connectivity index (χ0) is 12.1. The van der Waals surface area contributed by atoms with Gasteiger partial charge < -0.3 is 5.32 Å². The molecule has 1 aliphatic rings. The van der Waals surface area contributed by atoms with E-state index in [4.69, 9.17) is 0 Å². The average molecular weight is 236 g/mol. The first-order valence-electron chi connectivity index (χ1n) is 6.69. The molecule has 1 fully saturated rings. The van der Waals surface area contributed by atoms with Crippen molar-refractivity contribution in [3.05, 3.63) is 18.0 Å². The Kier molecular flexibility index (Phi) is 4.57. The second-order valence-electron chi connectivity index (χ2n) is 5.02. The Morgan fingerprint density at radius 1 is 1.35 bits per heavy atom. The molecule has 4 heteroatoms. The van der Waals surface area contributed by atoms with E-state index in [0.29, 0.717) is 6.04 Å². The van der Waals surface area contributed by atoms with Crippen LogP contribution in [0.4, 0.5) is 0 Å². The standard InChI is InChI=1S/C13H24N4/c1-12(17-8-4-3-5-9-17)10-14-11-13-6-7-15-16(13)2/h6-7,12,14H,3-5,8-11H2,1-2H3. The predicted molar refractivity (Wildman–Crippen MR) is 69.8 cm³/mol. The van der Waals surface area contributed by atoms with Crippen molar-refractivity contribution < 1.29 is 0 Å². The van der Waals surface area contributed by atoms with Crippen LogP contribution in [-0.4, -0.2) is 40.4 Å². The number of aromatic nitrogens is 2. The SMILES string of the molecule is CC(CNCc1ccnn1C)N1CCCCC1. The highest BCUT2D eigenvalue weighted by atomic mass is 15.3. The van der Waals surface area contributed by atoms with Gasteiger partial charge in [0.05, 0.1) is 5.69 Å². The Morgan fingerprint density at radius 3 is 2.76 bits per heavy atom. The molecule has 2 heterocycles. The van der Waals surface area contributed by atoms with Gasteiger partial charge in [-0.05, 0) is 38.9 Å².